The van der Waals surface area contributed by atoms with Crippen LogP contribution >= 0.6 is 0 Å². The molecule has 33 heavy (non-hydrogen) atoms. The molecule has 3 aromatic rings. The molecule has 4 heteroatoms. The van der Waals surface area contributed by atoms with Crippen LogP contribution in [0.25, 0.3) is 0 Å². The molecular weight excluding hydrogens is 408 g/mol. The number of hydrogen-bond acceptors (Lipinski definition) is 1. The highest BCUT2D eigenvalue weighted by Crippen LogP contribution is 2.13. The number of aromatic nitrogens is 2. The summed E-state index contributed by atoms with van der Waals surface area (Å²) < 4.78 is 4.69. The van der Waals surface area contributed by atoms with Crippen molar-refractivity contribution >= 4 is 5.97 Å². The molecule has 176 valence electrons. The maximum Gasteiger partial charge on any atom is 0.335 e. The number of imidazole rings is 1. The van der Waals surface area contributed by atoms with Crippen LogP contribution in [0.5, 0.6) is 0 Å². The maximum atomic E-state index is 11.2. The van der Waals surface area contributed by atoms with Crippen LogP contribution in [-0.4, -0.2) is 15.6 Å². The highest BCUT2D eigenvalue weighted by Gasteiger charge is 2.18. The van der Waals surface area contributed by atoms with Gasteiger partial charge in [-0.05, 0) is 29.7 Å². The van der Waals surface area contributed by atoms with E-state index >= 15 is 0 Å². The molecule has 0 aliphatic rings. The Labute approximate surface area is 198 Å². The van der Waals surface area contributed by atoms with E-state index in [1.54, 1.807) is 12.1 Å². The van der Waals surface area contributed by atoms with Gasteiger partial charge in [-0.2, -0.15) is 0 Å². The number of carboxylic acids is 1. The SMILES string of the molecule is CCCCCCCCCCCc1n(Cc2ccc(C(=O)O)cc2)cc[n+]1Cc1ccccc1. The van der Waals surface area contributed by atoms with Crippen LogP contribution in [0.1, 0.15) is 92.0 Å². The third-order valence-electron chi connectivity index (χ3n) is 6.34. The molecule has 1 heterocycles. The topological polar surface area (TPSA) is 46.1 Å². The zero-order valence-corrected chi connectivity index (χ0v) is 20.1. The number of rotatable bonds is 15. The quantitative estimate of drug-likeness (QED) is 0.210. The van der Waals surface area contributed by atoms with Gasteiger partial charge in [-0.25, -0.2) is 13.9 Å². The molecule has 0 atom stereocenters. The van der Waals surface area contributed by atoms with Crippen LogP contribution in [0.2, 0.25) is 0 Å². The summed E-state index contributed by atoms with van der Waals surface area (Å²) >= 11 is 0. The van der Waals surface area contributed by atoms with Crippen molar-refractivity contribution in [1.82, 2.24) is 4.57 Å². The summed E-state index contributed by atoms with van der Waals surface area (Å²) in [6.45, 7) is 3.90. The van der Waals surface area contributed by atoms with E-state index in [-0.39, 0.29) is 0 Å². The van der Waals surface area contributed by atoms with E-state index in [0.717, 1.165) is 25.1 Å². The zero-order valence-electron chi connectivity index (χ0n) is 20.1. The molecule has 3 rings (SSSR count). The molecule has 0 saturated carbocycles. The van der Waals surface area contributed by atoms with Crippen molar-refractivity contribution in [3.05, 3.63) is 89.5 Å². The molecule has 0 bridgehead atoms. The maximum absolute atomic E-state index is 11.2. The lowest BCUT2D eigenvalue weighted by molar-refractivity contribution is -0.695. The average molecular weight is 448 g/mol. The summed E-state index contributed by atoms with van der Waals surface area (Å²) in [4.78, 5) is 11.2. The van der Waals surface area contributed by atoms with Gasteiger partial charge in [0.05, 0.1) is 5.56 Å². The summed E-state index contributed by atoms with van der Waals surface area (Å²) in [6.07, 6.45) is 17.4. The number of aromatic carboxylic acids is 1. The van der Waals surface area contributed by atoms with Crippen molar-refractivity contribution in [3.63, 3.8) is 0 Å². The molecular formula is C29H39N2O2+. The van der Waals surface area contributed by atoms with Crippen molar-refractivity contribution in [2.45, 2.75) is 84.2 Å². The third-order valence-corrected chi connectivity index (χ3v) is 6.34. The first-order valence-electron chi connectivity index (χ1n) is 12.6. The fourth-order valence-corrected chi connectivity index (χ4v) is 4.40. The van der Waals surface area contributed by atoms with Crippen molar-refractivity contribution < 1.29 is 14.5 Å². The summed E-state index contributed by atoms with van der Waals surface area (Å²) in [5.74, 6) is 0.457. The predicted molar refractivity (Wildman–Crippen MR) is 134 cm³/mol. The molecule has 0 fully saturated rings. The molecule has 0 amide bonds. The van der Waals surface area contributed by atoms with Gasteiger partial charge in [-0.15, -0.1) is 0 Å². The Morgan fingerprint density at radius 3 is 2.09 bits per heavy atom. The fourth-order valence-electron chi connectivity index (χ4n) is 4.40. The second kappa shape index (κ2) is 13.6. The molecule has 0 radical (unpaired) electrons. The van der Waals surface area contributed by atoms with E-state index in [1.165, 1.54) is 69.2 Å². The smallest absolute Gasteiger partial charge is 0.335 e. The van der Waals surface area contributed by atoms with E-state index in [1.807, 2.05) is 12.1 Å². The predicted octanol–water partition coefficient (Wildman–Crippen LogP) is 6.64. The molecule has 0 aliphatic heterocycles. The largest absolute Gasteiger partial charge is 0.478 e. The molecule has 1 aromatic heterocycles. The van der Waals surface area contributed by atoms with Gasteiger partial charge < -0.3 is 5.11 Å². The first-order valence-corrected chi connectivity index (χ1v) is 12.6. The summed E-state index contributed by atoms with van der Waals surface area (Å²) in [5, 5.41) is 9.16. The standard InChI is InChI=1S/C29H38N2O2/c1-2-3-4-5-6-7-8-9-13-16-28-30(23-25-14-11-10-12-15-25)21-22-31(28)24-26-17-19-27(20-18-26)29(32)33/h10-12,14-15,17-22H,2-9,13,16,23-24H2,1H3/p+1. The van der Waals surface area contributed by atoms with Crippen molar-refractivity contribution in [1.29, 1.82) is 0 Å². The number of nitrogens with zero attached hydrogens (tertiary/aromatic N) is 2. The summed E-state index contributed by atoms with van der Waals surface area (Å²) in [5.41, 5.74) is 2.76. The number of unbranched alkanes of at least 4 members (excludes halogenated alkanes) is 8. The Morgan fingerprint density at radius 1 is 0.818 bits per heavy atom. The highest BCUT2D eigenvalue weighted by molar-refractivity contribution is 5.87. The van der Waals surface area contributed by atoms with Crippen molar-refractivity contribution in [2.75, 3.05) is 0 Å². The minimum atomic E-state index is -0.880. The van der Waals surface area contributed by atoms with Crippen molar-refractivity contribution in [3.8, 4) is 0 Å². The van der Waals surface area contributed by atoms with Gasteiger partial charge in [0, 0.05) is 6.42 Å². The Bertz CT molecular complexity index is 961. The fraction of sp³-hybridized carbons (Fsp3) is 0.448. The zero-order chi connectivity index (χ0) is 23.3. The van der Waals surface area contributed by atoms with Gasteiger partial charge >= 0.3 is 5.97 Å². The van der Waals surface area contributed by atoms with E-state index in [9.17, 15) is 4.79 Å². The lowest BCUT2D eigenvalue weighted by Gasteiger charge is -2.07. The lowest BCUT2D eigenvalue weighted by atomic mass is 10.1. The first-order chi connectivity index (χ1) is 16.2. The van der Waals surface area contributed by atoms with Crippen molar-refractivity contribution in [2.24, 2.45) is 0 Å². The molecule has 0 aliphatic carbocycles. The minimum absolute atomic E-state index is 0.334. The number of carbonyl (C=O) groups is 1. The van der Waals surface area contributed by atoms with Crippen LogP contribution in [-0.2, 0) is 19.5 Å². The summed E-state index contributed by atoms with van der Waals surface area (Å²) in [6, 6.07) is 17.8. The second-order valence-corrected chi connectivity index (χ2v) is 9.04. The first kappa shape index (κ1) is 24.8. The number of carboxylic acid groups (broad SMARTS) is 1. The minimum Gasteiger partial charge on any atom is -0.478 e. The van der Waals surface area contributed by atoms with Crippen LogP contribution in [0.15, 0.2) is 67.0 Å². The van der Waals surface area contributed by atoms with Crippen LogP contribution in [0, 0.1) is 0 Å². The van der Waals surface area contributed by atoms with Crippen LogP contribution in [0.3, 0.4) is 0 Å². The number of benzene rings is 2. The van der Waals surface area contributed by atoms with Crippen LogP contribution < -0.4 is 4.57 Å². The van der Waals surface area contributed by atoms with Crippen LogP contribution in [0.4, 0.5) is 0 Å². The Kier molecular flexibility index (Phi) is 10.2. The Morgan fingerprint density at radius 2 is 1.45 bits per heavy atom. The van der Waals surface area contributed by atoms with E-state index in [4.69, 9.17) is 5.11 Å². The average Bonchev–Trinajstić information content (AvgIpc) is 3.19. The monoisotopic (exact) mass is 447 g/mol. The number of hydrogen-bond donors (Lipinski definition) is 1. The van der Waals surface area contributed by atoms with E-state index in [2.05, 4.69) is 58.8 Å². The molecule has 2 aromatic carbocycles. The van der Waals surface area contributed by atoms with Gasteiger partial charge in [-0.1, -0.05) is 101 Å². The van der Waals surface area contributed by atoms with Gasteiger partial charge in [0.15, 0.2) is 0 Å². The van der Waals surface area contributed by atoms with Gasteiger partial charge in [-0.3, -0.25) is 0 Å². The normalized spacial score (nSPS) is 11.1. The summed E-state index contributed by atoms with van der Waals surface area (Å²) in [7, 11) is 0. The van der Waals surface area contributed by atoms with E-state index in [0.29, 0.717) is 5.56 Å². The van der Waals surface area contributed by atoms with E-state index < -0.39 is 5.97 Å². The highest BCUT2D eigenvalue weighted by atomic mass is 16.4. The Hall–Kier alpha value is -2.88. The molecule has 4 nitrogen and oxygen atoms in total. The second-order valence-electron chi connectivity index (χ2n) is 9.04. The van der Waals surface area contributed by atoms with Gasteiger partial charge in [0.1, 0.15) is 25.5 Å². The van der Waals surface area contributed by atoms with Gasteiger partial charge in [0.2, 0.25) is 0 Å². The lowest BCUT2D eigenvalue weighted by Crippen LogP contribution is -2.38. The molecule has 0 unspecified atom stereocenters. The van der Waals surface area contributed by atoms with Gasteiger partial charge in [0.25, 0.3) is 5.82 Å². The molecule has 0 spiro atoms. The molecule has 0 saturated heterocycles. The Balaban J connectivity index is 1.61. The third kappa shape index (κ3) is 8.20. The molecule has 1 N–H and O–H groups in total.